The van der Waals surface area contributed by atoms with Gasteiger partial charge in [-0.2, -0.15) is 0 Å². The molecule has 0 amide bonds. The van der Waals surface area contributed by atoms with Crippen LogP contribution in [0.5, 0.6) is 0 Å². The number of aryl methyl sites for hydroxylation is 1. The molecule has 0 N–H and O–H groups in total. The van der Waals surface area contributed by atoms with Crippen molar-refractivity contribution >= 4 is 53.3 Å². The van der Waals surface area contributed by atoms with Gasteiger partial charge in [0.05, 0.1) is 11.0 Å². The molecule has 2 heteroatoms. The van der Waals surface area contributed by atoms with Crippen molar-refractivity contribution in [3.63, 3.8) is 0 Å². The van der Waals surface area contributed by atoms with Gasteiger partial charge in [0.15, 0.2) is 0 Å². The molecule has 7 rings (SSSR count). The van der Waals surface area contributed by atoms with Gasteiger partial charge in [0.1, 0.15) is 0 Å². The molecular weight excluding hydrogens is 418 g/mol. The molecule has 0 aliphatic carbocycles. The zero-order valence-corrected chi connectivity index (χ0v) is 19.1. The summed E-state index contributed by atoms with van der Waals surface area (Å²) in [4.78, 5) is 0. The lowest BCUT2D eigenvalue weighted by molar-refractivity contribution is 1.17. The van der Waals surface area contributed by atoms with E-state index in [0.29, 0.717) is 0 Å². The van der Waals surface area contributed by atoms with Crippen molar-refractivity contribution in [2.75, 3.05) is 0 Å². The minimum absolute atomic E-state index is 1.21. The van der Waals surface area contributed by atoms with Gasteiger partial charge in [0.2, 0.25) is 0 Å². The molecule has 2 aromatic heterocycles. The van der Waals surface area contributed by atoms with Crippen molar-refractivity contribution in [1.29, 1.82) is 0 Å². The normalized spacial score (nSPS) is 11.8. The molecule has 1 nitrogen and oxygen atoms in total. The van der Waals surface area contributed by atoms with Crippen LogP contribution in [0.3, 0.4) is 0 Å². The average Bonchev–Trinajstić information content (AvgIpc) is 3.37. The van der Waals surface area contributed by atoms with Gasteiger partial charge < -0.3 is 4.57 Å². The highest BCUT2D eigenvalue weighted by molar-refractivity contribution is 7.25. The summed E-state index contributed by atoms with van der Waals surface area (Å²) in [7, 11) is 0. The number of hydrogen-bond donors (Lipinski definition) is 0. The second-order valence-corrected chi connectivity index (χ2v) is 9.82. The maximum atomic E-state index is 2.44. The number of benzene rings is 5. The Morgan fingerprint density at radius 2 is 1.33 bits per heavy atom. The third kappa shape index (κ3) is 2.84. The van der Waals surface area contributed by atoms with Crippen molar-refractivity contribution in [2.24, 2.45) is 0 Å². The van der Waals surface area contributed by atoms with Crippen LogP contribution in [0.1, 0.15) is 5.56 Å². The molecule has 0 aliphatic heterocycles. The first kappa shape index (κ1) is 18.7. The van der Waals surface area contributed by atoms with Gasteiger partial charge >= 0.3 is 0 Å². The fourth-order valence-electron chi connectivity index (χ4n) is 5.09. The summed E-state index contributed by atoms with van der Waals surface area (Å²) in [5.74, 6) is 0. The molecule has 0 bridgehead atoms. The fraction of sp³-hybridized carbons (Fsp3) is 0.0323. The Morgan fingerprint density at radius 1 is 0.515 bits per heavy atom. The van der Waals surface area contributed by atoms with Crippen molar-refractivity contribution < 1.29 is 0 Å². The largest absolute Gasteiger partial charge is 0.309 e. The number of thiophene rings is 1. The molecule has 33 heavy (non-hydrogen) atoms. The van der Waals surface area contributed by atoms with Crippen molar-refractivity contribution in [1.82, 2.24) is 4.57 Å². The Labute approximate surface area is 196 Å². The summed E-state index contributed by atoms with van der Waals surface area (Å²) in [6.45, 7) is 2.16. The Hall–Kier alpha value is -3.88. The summed E-state index contributed by atoms with van der Waals surface area (Å²) >= 11 is 1.88. The summed E-state index contributed by atoms with van der Waals surface area (Å²) in [5.41, 5.74) is 7.48. The van der Waals surface area contributed by atoms with Crippen LogP contribution < -0.4 is 0 Å². The molecule has 0 fully saturated rings. The number of aromatic nitrogens is 1. The molecule has 5 aromatic carbocycles. The number of nitrogens with zero attached hydrogens (tertiary/aromatic N) is 1. The van der Waals surface area contributed by atoms with Crippen molar-refractivity contribution in [3.8, 4) is 16.8 Å². The molecule has 0 aliphatic rings. The molecule has 7 aromatic rings. The summed E-state index contributed by atoms with van der Waals surface area (Å²) in [6, 6.07) is 39.9. The molecule has 0 spiro atoms. The van der Waals surface area contributed by atoms with Crippen LogP contribution in [-0.4, -0.2) is 4.57 Å². The third-order valence-electron chi connectivity index (χ3n) is 6.63. The summed E-state index contributed by atoms with van der Waals surface area (Å²) in [6.07, 6.45) is 0. The highest BCUT2D eigenvalue weighted by Gasteiger charge is 2.16. The van der Waals surface area contributed by atoms with Crippen molar-refractivity contribution in [2.45, 2.75) is 6.92 Å². The first-order valence-electron chi connectivity index (χ1n) is 11.3. The highest BCUT2D eigenvalue weighted by Crippen LogP contribution is 2.41. The summed E-state index contributed by atoms with van der Waals surface area (Å²) < 4.78 is 5.12. The predicted molar refractivity (Wildman–Crippen MR) is 144 cm³/mol. The minimum Gasteiger partial charge on any atom is -0.309 e. The second-order valence-electron chi connectivity index (χ2n) is 8.74. The van der Waals surface area contributed by atoms with Gasteiger partial charge in [0.25, 0.3) is 0 Å². The molecule has 0 saturated carbocycles. The van der Waals surface area contributed by atoms with Crippen LogP contribution in [0.15, 0.2) is 109 Å². The molecule has 0 radical (unpaired) electrons. The van der Waals surface area contributed by atoms with Gasteiger partial charge in [-0.1, -0.05) is 72.8 Å². The van der Waals surface area contributed by atoms with Crippen LogP contribution in [0, 0.1) is 6.92 Å². The van der Waals surface area contributed by atoms with Crippen LogP contribution >= 0.6 is 11.3 Å². The summed E-state index contributed by atoms with van der Waals surface area (Å²) in [5, 5.41) is 5.29. The maximum Gasteiger partial charge on any atom is 0.0555 e. The van der Waals surface area contributed by atoms with E-state index in [1.165, 1.54) is 64.4 Å². The fourth-order valence-corrected chi connectivity index (χ4v) is 6.21. The lowest BCUT2D eigenvalue weighted by Gasteiger charge is -2.10. The first-order chi connectivity index (χ1) is 16.3. The van der Waals surface area contributed by atoms with E-state index in [0.717, 1.165) is 0 Å². The highest BCUT2D eigenvalue weighted by atomic mass is 32.1. The van der Waals surface area contributed by atoms with Gasteiger partial charge in [-0.05, 0) is 60.0 Å². The molecule has 156 valence electrons. The number of hydrogen-bond acceptors (Lipinski definition) is 1. The first-order valence-corrected chi connectivity index (χ1v) is 12.1. The van der Waals surface area contributed by atoms with Gasteiger partial charge in [-0.3, -0.25) is 0 Å². The van der Waals surface area contributed by atoms with Crippen molar-refractivity contribution in [3.05, 3.63) is 115 Å². The Kier molecular flexibility index (Phi) is 3.99. The quantitative estimate of drug-likeness (QED) is 0.253. The Bertz CT molecular complexity index is 1820. The Morgan fingerprint density at radius 3 is 2.21 bits per heavy atom. The molecular formula is C31H21NS. The third-order valence-corrected chi connectivity index (χ3v) is 7.77. The topological polar surface area (TPSA) is 4.93 Å². The lowest BCUT2D eigenvalue weighted by atomic mass is 10.0. The number of rotatable bonds is 2. The zero-order valence-electron chi connectivity index (χ0n) is 18.2. The van der Waals surface area contributed by atoms with E-state index in [1.54, 1.807) is 0 Å². The number of fused-ring (bicyclic) bond motifs is 6. The Balaban J connectivity index is 1.63. The molecule has 0 atom stereocenters. The van der Waals surface area contributed by atoms with E-state index in [2.05, 4.69) is 121 Å². The smallest absolute Gasteiger partial charge is 0.0555 e. The average molecular weight is 440 g/mol. The van der Waals surface area contributed by atoms with Crippen LogP contribution in [-0.2, 0) is 0 Å². The van der Waals surface area contributed by atoms with E-state index in [1.807, 2.05) is 11.3 Å². The SMILES string of the molecule is Cc1cccc(-n2c3cc(-c4ccccc4)ccc3c3cc4c(cc32)sc2ccccc24)c1. The molecule has 2 heterocycles. The standard InChI is InChI=1S/C31H21NS/c1-20-8-7-11-23(16-20)32-28-17-22(21-9-3-2-4-10-21)14-15-24(28)26-18-27-25-12-5-6-13-30(25)33-31(27)19-29(26)32/h2-19H,1H3. The van der Waals surface area contributed by atoms with E-state index in [4.69, 9.17) is 0 Å². The van der Waals surface area contributed by atoms with E-state index in [-0.39, 0.29) is 0 Å². The van der Waals surface area contributed by atoms with Gasteiger partial charge in [-0.15, -0.1) is 11.3 Å². The lowest BCUT2D eigenvalue weighted by Crippen LogP contribution is -1.94. The molecule has 0 saturated heterocycles. The maximum absolute atomic E-state index is 2.44. The monoisotopic (exact) mass is 439 g/mol. The predicted octanol–water partition coefficient (Wildman–Crippen LogP) is 9.13. The second kappa shape index (κ2) is 7.06. The van der Waals surface area contributed by atoms with E-state index < -0.39 is 0 Å². The van der Waals surface area contributed by atoms with Gasteiger partial charge in [-0.25, -0.2) is 0 Å². The van der Waals surface area contributed by atoms with E-state index in [9.17, 15) is 0 Å². The molecule has 0 unspecified atom stereocenters. The van der Waals surface area contributed by atoms with Crippen LogP contribution in [0.2, 0.25) is 0 Å². The van der Waals surface area contributed by atoms with Gasteiger partial charge in [0, 0.05) is 36.6 Å². The zero-order chi connectivity index (χ0) is 21.9. The minimum atomic E-state index is 1.21. The van der Waals surface area contributed by atoms with Crippen LogP contribution in [0.25, 0.3) is 58.8 Å². The van der Waals surface area contributed by atoms with E-state index >= 15 is 0 Å². The van der Waals surface area contributed by atoms with Crippen LogP contribution in [0.4, 0.5) is 0 Å².